The molecule has 110 valence electrons. The number of nitrogens with one attached hydrogen (secondary N) is 2. The molecule has 1 amide bonds. The number of aryl methyl sites for hydroxylation is 1. The van der Waals surface area contributed by atoms with Crippen LogP contribution in [0, 0.1) is 12.3 Å². The van der Waals surface area contributed by atoms with Gasteiger partial charge in [-0.15, -0.1) is 0 Å². The molecule has 20 heavy (non-hydrogen) atoms. The Hall–Kier alpha value is -1.51. The van der Waals surface area contributed by atoms with Crippen molar-refractivity contribution in [2.75, 3.05) is 12.4 Å². The molecular formula is C17H26N2O. The lowest BCUT2D eigenvalue weighted by molar-refractivity contribution is 0.0853. The van der Waals surface area contributed by atoms with E-state index >= 15 is 0 Å². The van der Waals surface area contributed by atoms with E-state index in [1.807, 2.05) is 32.2 Å². The Morgan fingerprint density at radius 3 is 2.65 bits per heavy atom. The standard InChI is InChI=1S/C17H26N2O/c1-12-11-13(18-4)8-9-14(12)16(20)19-15-7-5-6-10-17(15,2)3/h8-9,11,15,18H,5-7,10H2,1-4H3,(H,19,20). The van der Waals surface area contributed by atoms with Gasteiger partial charge in [-0.3, -0.25) is 4.79 Å². The van der Waals surface area contributed by atoms with Crippen molar-refractivity contribution in [1.82, 2.24) is 5.32 Å². The van der Waals surface area contributed by atoms with Crippen LogP contribution in [0.3, 0.4) is 0 Å². The molecular weight excluding hydrogens is 248 g/mol. The van der Waals surface area contributed by atoms with Crippen LogP contribution in [-0.2, 0) is 0 Å². The van der Waals surface area contributed by atoms with Crippen molar-refractivity contribution in [2.45, 2.75) is 52.5 Å². The van der Waals surface area contributed by atoms with Crippen molar-refractivity contribution in [3.8, 4) is 0 Å². The van der Waals surface area contributed by atoms with Crippen LogP contribution in [0.5, 0.6) is 0 Å². The van der Waals surface area contributed by atoms with Crippen LogP contribution in [0.4, 0.5) is 5.69 Å². The molecule has 0 heterocycles. The van der Waals surface area contributed by atoms with E-state index in [2.05, 4.69) is 24.5 Å². The average molecular weight is 274 g/mol. The monoisotopic (exact) mass is 274 g/mol. The molecule has 1 aromatic rings. The van der Waals surface area contributed by atoms with Crippen LogP contribution in [0.15, 0.2) is 18.2 Å². The third-order valence-electron chi connectivity index (χ3n) is 4.57. The molecule has 1 fully saturated rings. The Kier molecular flexibility index (Phi) is 4.36. The molecule has 0 saturated heterocycles. The topological polar surface area (TPSA) is 41.1 Å². The minimum atomic E-state index is 0.0603. The van der Waals surface area contributed by atoms with Gasteiger partial charge in [-0.1, -0.05) is 26.7 Å². The third-order valence-corrected chi connectivity index (χ3v) is 4.57. The van der Waals surface area contributed by atoms with Crippen molar-refractivity contribution in [2.24, 2.45) is 5.41 Å². The lowest BCUT2D eigenvalue weighted by Gasteiger charge is -2.39. The Bertz CT molecular complexity index is 494. The minimum Gasteiger partial charge on any atom is -0.388 e. The van der Waals surface area contributed by atoms with Gasteiger partial charge in [0.25, 0.3) is 5.91 Å². The summed E-state index contributed by atoms with van der Waals surface area (Å²) in [5.41, 5.74) is 3.04. The summed E-state index contributed by atoms with van der Waals surface area (Å²) in [6, 6.07) is 6.16. The third kappa shape index (κ3) is 3.14. The predicted molar refractivity (Wildman–Crippen MR) is 84.2 cm³/mol. The van der Waals surface area contributed by atoms with Gasteiger partial charge in [0.2, 0.25) is 0 Å². The maximum Gasteiger partial charge on any atom is 0.251 e. The van der Waals surface area contributed by atoms with Crippen molar-refractivity contribution in [1.29, 1.82) is 0 Å². The SMILES string of the molecule is CNc1ccc(C(=O)NC2CCCCC2(C)C)c(C)c1. The first-order valence-corrected chi connectivity index (χ1v) is 7.53. The molecule has 1 aliphatic carbocycles. The van der Waals surface area contributed by atoms with Gasteiger partial charge in [-0.2, -0.15) is 0 Å². The number of amides is 1. The van der Waals surface area contributed by atoms with Gasteiger partial charge in [0.15, 0.2) is 0 Å². The largest absolute Gasteiger partial charge is 0.388 e. The second-order valence-corrected chi connectivity index (χ2v) is 6.54. The molecule has 2 N–H and O–H groups in total. The molecule has 0 aromatic heterocycles. The fourth-order valence-electron chi connectivity index (χ4n) is 3.07. The van der Waals surface area contributed by atoms with E-state index < -0.39 is 0 Å². The summed E-state index contributed by atoms with van der Waals surface area (Å²) in [5.74, 6) is 0.0603. The van der Waals surface area contributed by atoms with Gasteiger partial charge >= 0.3 is 0 Å². The van der Waals surface area contributed by atoms with E-state index in [0.717, 1.165) is 23.2 Å². The fraction of sp³-hybridized carbons (Fsp3) is 0.588. The van der Waals surface area contributed by atoms with Gasteiger partial charge < -0.3 is 10.6 Å². The molecule has 1 saturated carbocycles. The summed E-state index contributed by atoms with van der Waals surface area (Å²) in [6.45, 7) is 6.50. The van der Waals surface area contributed by atoms with Crippen LogP contribution in [0.1, 0.15) is 55.5 Å². The van der Waals surface area contributed by atoms with Crippen LogP contribution < -0.4 is 10.6 Å². The molecule has 0 bridgehead atoms. The van der Waals surface area contributed by atoms with Crippen molar-refractivity contribution in [3.63, 3.8) is 0 Å². The van der Waals surface area contributed by atoms with Crippen LogP contribution >= 0.6 is 0 Å². The highest BCUT2D eigenvalue weighted by molar-refractivity contribution is 5.96. The second-order valence-electron chi connectivity index (χ2n) is 6.54. The lowest BCUT2D eigenvalue weighted by atomic mass is 9.73. The van der Waals surface area contributed by atoms with Gasteiger partial charge in [0.1, 0.15) is 0 Å². The molecule has 2 rings (SSSR count). The molecule has 0 spiro atoms. The van der Waals surface area contributed by atoms with Gasteiger partial charge in [0.05, 0.1) is 0 Å². The predicted octanol–water partition coefficient (Wildman–Crippen LogP) is 3.74. The first-order chi connectivity index (χ1) is 9.44. The first-order valence-electron chi connectivity index (χ1n) is 7.53. The Labute approximate surface area is 122 Å². The number of carbonyl (C=O) groups excluding carboxylic acids is 1. The smallest absolute Gasteiger partial charge is 0.251 e. The van der Waals surface area contributed by atoms with Crippen molar-refractivity contribution in [3.05, 3.63) is 29.3 Å². The number of benzene rings is 1. The molecule has 0 aliphatic heterocycles. The molecule has 1 atom stereocenters. The summed E-state index contributed by atoms with van der Waals surface area (Å²) in [6.07, 6.45) is 4.77. The van der Waals surface area contributed by atoms with E-state index in [9.17, 15) is 4.79 Å². The molecule has 3 nitrogen and oxygen atoms in total. The molecule has 1 aromatic carbocycles. The summed E-state index contributed by atoms with van der Waals surface area (Å²) in [4.78, 5) is 12.5. The number of carbonyl (C=O) groups is 1. The van der Waals surface area contributed by atoms with E-state index in [-0.39, 0.29) is 17.4 Å². The molecule has 1 unspecified atom stereocenters. The first kappa shape index (κ1) is 14.9. The maximum atomic E-state index is 12.5. The zero-order valence-corrected chi connectivity index (χ0v) is 13.0. The van der Waals surface area contributed by atoms with Gasteiger partial charge in [-0.25, -0.2) is 0 Å². The molecule has 3 heteroatoms. The minimum absolute atomic E-state index is 0.0603. The van der Waals surface area contributed by atoms with Gasteiger partial charge in [-0.05, 0) is 48.9 Å². The van der Waals surface area contributed by atoms with E-state index in [0.29, 0.717) is 0 Å². The Morgan fingerprint density at radius 1 is 1.30 bits per heavy atom. The number of hydrogen-bond donors (Lipinski definition) is 2. The summed E-state index contributed by atoms with van der Waals surface area (Å²) in [7, 11) is 1.89. The number of hydrogen-bond acceptors (Lipinski definition) is 2. The highest BCUT2D eigenvalue weighted by Crippen LogP contribution is 2.35. The second kappa shape index (κ2) is 5.86. The Morgan fingerprint density at radius 2 is 2.05 bits per heavy atom. The fourth-order valence-corrected chi connectivity index (χ4v) is 3.07. The van der Waals surface area contributed by atoms with Crippen LogP contribution in [0.25, 0.3) is 0 Å². The van der Waals surface area contributed by atoms with E-state index in [1.165, 1.54) is 19.3 Å². The van der Waals surface area contributed by atoms with Crippen molar-refractivity contribution >= 4 is 11.6 Å². The zero-order chi connectivity index (χ0) is 14.8. The zero-order valence-electron chi connectivity index (χ0n) is 13.0. The van der Waals surface area contributed by atoms with E-state index in [4.69, 9.17) is 0 Å². The van der Waals surface area contributed by atoms with Crippen molar-refractivity contribution < 1.29 is 4.79 Å². The molecule has 0 radical (unpaired) electrons. The van der Waals surface area contributed by atoms with Crippen LogP contribution in [0.2, 0.25) is 0 Å². The van der Waals surface area contributed by atoms with E-state index in [1.54, 1.807) is 0 Å². The maximum absolute atomic E-state index is 12.5. The average Bonchev–Trinajstić information content (AvgIpc) is 2.40. The lowest BCUT2D eigenvalue weighted by Crippen LogP contribution is -2.46. The van der Waals surface area contributed by atoms with Crippen LogP contribution in [-0.4, -0.2) is 19.0 Å². The summed E-state index contributed by atoms with van der Waals surface area (Å²) in [5, 5.41) is 6.34. The normalized spacial score (nSPS) is 21.3. The summed E-state index contributed by atoms with van der Waals surface area (Å²) >= 11 is 0. The number of anilines is 1. The highest BCUT2D eigenvalue weighted by atomic mass is 16.1. The highest BCUT2D eigenvalue weighted by Gasteiger charge is 2.33. The van der Waals surface area contributed by atoms with Gasteiger partial charge in [0, 0.05) is 24.3 Å². The Balaban J connectivity index is 2.12. The summed E-state index contributed by atoms with van der Waals surface area (Å²) < 4.78 is 0. The molecule has 1 aliphatic rings. The number of rotatable bonds is 3. The quantitative estimate of drug-likeness (QED) is 0.881.